The molecular formula is C25H30N3O8P. The molecule has 1 aliphatic heterocycles. The predicted octanol–water partition coefficient (Wildman–Crippen LogP) is 3.18. The van der Waals surface area contributed by atoms with Crippen molar-refractivity contribution in [1.82, 2.24) is 14.6 Å². The molecule has 198 valence electrons. The number of carbonyl (C=O) groups is 1. The van der Waals surface area contributed by atoms with Crippen molar-refractivity contribution in [3.8, 4) is 5.75 Å². The Morgan fingerprint density at radius 3 is 2.76 bits per heavy atom. The van der Waals surface area contributed by atoms with Gasteiger partial charge in [-0.3, -0.25) is 13.9 Å². The summed E-state index contributed by atoms with van der Waals surface area (Å²) >= 11 is 0. The normalized spacial score (nSPS) is 21.5. The van der Waals surface area contributed by atoms with Crippen LogP contribution in [0.1, 0.15) is 33.4 Å². The third kappa shape index (κ3) is 6.26. The number of rotatable bonds is 10. The van der Waals surface area contributed by atoms with Gasteiger partial charge in [-0.1, -0.05) is 36.4 Å². The molecule has 0 spiro atoms. The van der Waals surface area contributed by atoms with E-state index in [9.17, 15) is 19.3 Å². The molecule has 4 rings (SSSR count). The maximum absolute atomic E-state index is 14.1. The second kappa shape index (κ2) is 11.1. The minimum absolute atomic E-state index is 0.107. The number of aromatic nitrogens is 2. The van der Waals surface area contributed by atoms with Crippen LogP contribution >= 0.6 is 7.75 Å². The Balaban J connectivity index is 1.57. The number of hydrogen-bond donors (Lipinski definition) is 2. The number of aliphatic hydroxyl groups excluding tert-OH is 1. The molecule has 2 aromatic carbocycles. The Bertz CT molecular complexity index is 1360. The first-order chi connectivity index (χ1) is 17.6. The first-order valence-corrected chi connectivity index (χ1v) is 13.4. The highest BCUT2D eigenvalue weighted by molar-refractivity contribution is 7.52. The lowest BCUT2D eigenvalue weighted by atomic mass is 10.1. The highest BCUT2D eigenvalue weighted by Gasteiger charge is 2.43. The van der Waals surface area contributed by atoms with E-state index in [1.165, 1.54) is 30.8 Å². The van der Waals surface area contributed by atoms with Crippen LogP contribution < -0.4 is 15.3 Å². The van der Waals surface area contributed by atoms with E-state index in [1.54, 1.807) is 25.1 Å². The maximum Gasteiger partial charge on any atom is 0.459 e. The molecule has 1 unspecified atom stereocenters. The molecule has 0 radical (unpaired) electrons. The fraction of sp³-hybridized carbons (Fsp3) is 0.400. The molecule has 12 heteroatoms. The fourth-order valence-electron chi connectivity index (χ4n) is 3.98. The highest BCUT2D eigenvalue weighted by atomic mass is 31.2. The lowest BCUT2D eigenvalue weighted by Crippen LogP contribution is -2.47. The molecular weight excluding hydrogens is 501 g/mol. The summed E-state index contributed by atoms with van der Waals surface area (Å²) in [5.74, 6) is -0.366. The molecule has 11 nitrogen and oxygen atoms in total. The van der Waals surface area contributed by atoms with E-state index in [2.05, 4.69) is 10.1 Å². The topological polar surface area (TPSA) is 138 Å². The fourth-order valence-corrected chi connectivity index (χ4v) is 5.68. The van der Waals surface area contributed by atoms with E-state index in [0.717, 1.165) is 5.39 Å². The van der Waals surface area contributed by atoms with Gasteiger partial charge in [-0.25, -0.2) is 14.3 Å². The van der Waals surface area contributed by atoms with E-state index in [0.29, 0.717) is 5.39 Å². The lowest BCUT2D eigenvalue weighted by Gasteiger charge is -2.30. The molecule has 2 heterocycles. The molecule has 37 heavy (non-hydrogen) atoms. The quantitative estimate of drug-likeness (QED) is 0.296. The maximum atomic E-state index is 14.1. The second-order valence-corrected chi connectivity index (χ2v) is 10.7. The molecule has 0 amide bonds. The molecule has 0 aliphatic carbocycles. The Hall–Kier alpha value is -3.08. The van der Waals surface area contributed by atoms with Crippen LogP contribution in [0.5, 0.6) is 5.75 Å². The van der Waals surface area contributed by atoms with E-state index >= 15 is 0 Å². The highest BCUT2D eigenvalue weighted by Crippen LogP contribution is 2.48. The van der Waals surface area contributed by atoms with Crippen molar-refractivity contribution in [2.45, 2.75) is 51.2 Å². The molecule has 1 aromatic heterocycles. The number of benzene rings is 2. The van der Waals surface area contributed by atoms with Crippen LogP contribution in [-0.2, 0) is 23.4 Å². The largest absolute Gasteiger partial charge is 0.465 e. The van der Waals surface area contributed by atoms with Crippen molar-refractivity contribution in [2.75, 3.05) is 13.2 Å². The van der Waals surface area contributed by atoms with Crippen LogP contribution in [-0.4, -0.2) is 51.6 Å². The van der Waals surface area contributed by atoms with Crippen LogP contribution in [0.2, 0.25) is 0 Å². The van der Waals surface area contributed by atoms with Gasteiger partial charge in [0.15, 0.2) is 0 Å². The summed E-state index contributed by atoms with van der Waals surface area (Å²) in [6.07, 6.45) is 0.272. The summed E-state index contributed by atoms with van der Waals surface area (Å²) in [7, 11) is -4.25. The number of nitrogens with one attached hydrogen (secondary N) is 1. The Labute approximate surface area is 213 Å². The van der Waals surface area contributed by atoms with E-state index < -0.39 is 43.4 Å². The van der Waals surface area contributed by atoms with Gasteiger partial charge >= 0.3 is 19.4 Å². The van der Waals surface area contributed by atoms with Gasteiger partial charge in [0.25, 0.3) is 0 Å². The lowest BCUT2D eigenvalue weighted by molar-refractivity contribution is -0.149. The van der Waals surface area contributed by atoms with E-state index in [1.807, 2.05) is 30.3 Å². The van der Waals surface area contributed by atoms with Gasteiger partial charge in [0.2, 0.25) is 0 Å². The molecule has 0 bridgehead atoms. The van der Waals surface area contributed by atoms with Gasteiger partial charge < -0.3 is 19.1 Å². The van der Waals surface area contributed by atoms with E-state index in [4.69, 9.17) is 18.5 Å². The summed E-state index contributed by atoms with van der Waals surface area (Å²) < 4.78 is 37.9. The molecule has 2 N–H and O–H groups in total. The minimum atomic E-state index is -4.25. The Kier molecular flexibility index (Phi) is 8.11. The number of ether oxygens (including phenoxy) is 2. The van der Waals surface area contributed by atoms with Gasteiger partial charge in [-0.2, -0.15) is 5.09 Å². The summed E-state index contributed by atoms with van der Waals surface area (Å²) in [6, 6.07) is 14.2. The Morgan fingerprint density at radius 1 is 1.24 bits per heavy atom. The van der Waals surface area contributed by atoms with Crippen LogP contribution in [0.4, 0.5) is 0 Å². The monoisotopic (exact) mass is 531 g/mol. The zero-order valence-corrected chi connectivity index (χ0v) is 21.7. The van der Waals surface area contributed by atoms with Crippen LogP contribution in [0.25, 0.3) is 10.8 Å². The van der Waals surface area contributed by atoms with Crippen molar-refractivity contribution in [3.63, 3.8) is 0 Å². The standard InChI is InChI=1S/C25H30N3O8P/c1-4-33-23(30)25(2,3)27-37(32,36-20-12-7-10-17-9-5-6-11-18(17)20)34-16-21-19(29)15-22(35-21)28-14-8-13-26-24(28)31/h5-14,19,21-22,29H,4,15-16H2,1-3H3,(H,27,32)/t19-,21+,22+,37?/m0/s1. The third-order valence-electron chi connectivity index (χ3n) is 5.83. The van der Waals surface area contributed by atoms with E-state index in [-0.39, 0.29) is 25.4 Å². The van der Waals surface area contributed by atoms with Gasteiger partial charge in [-0.15, -0.1) is 0 Å². The minimum Gasteiger partial charge on any atom is -0.465 e. The number of hydrogen-bond acceptors (Lipinski definition) is 9. The van der Waals surface area contributed by atoms with Crippen molar-refractivity contribution in [3.05, 3.63) is 71.4 Å². The average Bonchev–Trinajstić information content (AvgIpc) is 3.23. The van der Waals surface area contributed by atoms with Crippen molar-refractivity contribution < 1.29 is 33.0 Å². The Morgan fingerprint density at radius 2 is 2.00 bits per heavy atom. The zero-order valence-electron chi connectivity index (χ0n) is 20.8. The van der Waals surface area contributed by atoms with Gasteiger partial charge in [0.1, 0.15) is 23.6 Å². The predicted molar refractivity (Wildman–Crippen MR) is 135 cm³/mol. The molecule has 1 fully saturated rings. The second-order valence-electron chi connectivity index (χ2n) is 9.06. The summed E-state index contributed by atoms with van der Waals surface area (Å²) in [5.41, 5.74) is -1.96. The molecule has 0 saturated carbocycles. The third-order valence-corrected chi connectivity index (χ3v) is 7.59. The first kappa shape index (κ1) is 27.0. The molecule has 4 atom stereocenters. The molecule has 1 aliphatic rings. The smallest absolute Gasteiger partial charge is 0.459 e. The molecule has 3 aromatic rings. The number of nitrogens with zero attached hydrogens (tertiary/aromatic N) is 2. The zero-order chi connectivity index (χ0) is 26.6. The summed E-state index contributed by atoms with van der Waals surface area (Å²) in [5, 5.41) is 14.8. The van der Waals surface area contributed by atoms with Crippen molar-refractivity contribution in [1.29, 1.82) is 0 Å². The average molecular weight is 532 g/mol. The summed E-state index contributed by atoms with van der Waals surface area (Å²) in [4.78, 5) is 28.3. The van der Waals surface area contributed by atoms with Crippen molar-refractivity contribution in [2.24, 2.45) is 0 Å². The molecule has 1 saturated heterocycles. The first-order valence-electron chi connectivity index (χ1n) is 11.9. The van der Waals surface area contributed by atoms with Crippen molar-refractivity contribution >= 4 is 24.5 Å². The van der Waals surface area contributed by atoms with Gasteiger partial charge in [0, 0.05) is 24.2 Å². The van der Waals surface area contributed by atoms with Crippen LogP contribution in [0.15, 0.2) is 65.7 Å². The number of fused-ring (bicyclic) bond motifs is 1. The summed E-state index contributed by atoms with van der Waals surface area (Å²) in [6.45, 7) is 4.45. The number of carbonyl (C=O) groups excluding carboxylic acids is 1. The number of esters is 1. The SMILES string of the molecule is CCOC(=O)C(C)(C)NP(=O)(OC[C@H]1O[C@@H](n2cccnc2=O)C[C@@H]1O)Oc1cccc2ccccc12. The van der Waals surface area contributed by atoms with Crippen LogP contribution in [0.3, 0.4) is 0 Å². The van der Waals surface area contributed by atoms with Crippen LogP contribution in [0, 0.1) is 0 Å². The van der Waals surface area contributed by atoms with Gasteiger partial charge in [0.05, 0.1) is 19.3 Å². The number of aliphatic hydroxyl groups is 1. The van der Waals surface area contributed by atoms with Gasteiger partial charge in [-0.05, 0) is 38.3 Å².